The Bertz CT molecular complexity index is 1970. The lowest BCUT2D eigenvalue weighted by Gasteiger charge is -2.36. The molecule has 0 atom stereocenters. The summed E-state index contributed by atoms with van der Waals surface area (Å²) in [4.78, 5) is 0. The van der Waals surface area contributed by atoms with Gasteiger partial charge in [-0.15, -0.1) is 0 Å². The van der Waals surface area contributed by atoms with Crippen LogP contribution in [0.25, 0.3) is 34.4 Å². The van der Waals surface area contributed by atoms with Crippen molar-refractivity contribution in [1.29, 1.82) is 0 Å². The molecule has 316 valence electrons. The summed E-state index contributed by atoms with van der Waals surface area (Å²) in [7, 11) is -8.14. The quantitative estimate of drug-likeness (QED) is 0.0690. The van der Waals surface area contributed by atoms with E-state index in [0.717, 1.165) is 12.8 Å². The van der Waals surface area contributed by atoms with Gasteiger partial charge in [0.05, 0.1) is 32.3 Å². The van der Waals surface area contributed by atoms with Gasteiger partial charge in [0.1, 0.15) is 8.07 Å². The lowest BCUT2D eigenvalue weighted by atomic mass is 9.97. The smallest absolute Gasteiger partial charge is 0.0709 e. The monoisotopic (exact) mass is 869 g/mol. The molecule has 0 fully saturated rings. The van der Waals surface area contributed by atoms with Gasteiger partial charge in [-0.25, -0.2) is 0 Å². The van der Waals surface area contributed by atoms with Gasteiger partial charge in [-0.3, -0.25) is 0 Å². The average Bonchev–Trinajstić information content (AvgIpc) is 3.81. The molecule has 0 unspecified atom stereocenters. The van der Waals surface area contributed by atoms with Crippen LogP contribution in [0.4, 0.5) is 0 Å². The van der Waals surface area contributed by atoms with E-state index in [2.05, 4.69) is 177 Å². The maximum atomic E-state index is 2.80. The number of hydrogen-bond donors (Lipinski definition) is 0. The van der Waals surface area contributed by atoms with Crippen LogP contribution in [0, 0.1) is 0 Å². The average molecular weight is 870 g/mol. The summed E-state index contributed by atoms with van der Waals surface area (Å²) < 4.78 is 0. The molecule has 5 heteroatoms. The molecule has 4 aromatic carbocycles. The first-order chi connectivity index (χ1) is 27.7. The molecule has 0 nitrogen and oxygen atoms in total. The first-order valence-electron chi connectivity index (χ1n) is 23.6. The van der Waals surface area contributed by atoms with Gasteiger partial charge in [0.25, 0.3) is 0 Å². The highest BCUT2D eigenvalue weighted by Gasteiger charge is 2.43. The number of benzene rings is 4. The fourth-order valence-electron chi connectivity index (χ4n) is 9.83. The first kappa shape index (κ1) is 46.0. The van der Waals surface area contributed by atoms with Gasteiger partial charge in [0.15, 0.2) is 0 Å². The van der Waals surface area contributed by atoms with Gasteiger partial charge < -0.3 is 0 Å². The van der Waals surface area contributed by atoms with Gasteiger partial charge in [0, 0.05) is 0 Å². The van der Waals surface area contributed by atoms with Crippen LogP contribution in [-0.2, 0) is 12.8 Å². The van der Waals surface area contributed by atoms with Crippen molar-refractivity contribution in [1.82, 2.24) is 0 Å². The normalized spacial score (nSPS) is 14.7. The summed E-state index contributed by atoms with van der Waals surface area (Å²) in [5.41, 5.74) is 12.1. The molecule has 0 aromatic heterocycles. The number of allylic oxidation sites excluding steroid dienone is 2. The number of unbranched alkanes of at least 4 members (excludes halogenated alkanes) is 6. The molecule has 0 N–H and O–H groups in total. The maximum Gasteiger partial charge on any atom is 0.109 e. The standard InChI is InChI=1S/C54H80Si5/c1-15-17-19-21-29-59(30-22-20-18-16-2,49-31-41-25-23-27-51(53(41)39-49)43-33-45(55(3,4)5)37-46(34-43)56(6,7)8)50-32-42-26-24-28-52(54(42)40-50)44-35-47(57(9,10)11)38-48(36-44)58(12,13)14/h23-28,33-40H,15-22,29-32H2,1-14H3. The third-order valence-corrected chi connectivity index (χ3v) is 27.5. The van der Waals surface area contributed by atoms with Crippen LogP contribution in [0.3, 0.4) is 0 Å². The molecular weight excluding hydrogens is 789 g/mol. The zero-order valence-corrected chi connectivity index (χ0v) is 45.1. The Labute approximate surface area is 367 Å². The molecule has 2 aliphatic rings. The molecular formula is C54H80Si5. The Balaban J connectivity index is 1.53. The molecule has 0 bridgehead atoms. The summed E-state index contributed by atoms with van der Waals surface area (Å²) in [6, 6.07) is 33.0. The van der Waals surface area contributed by atoms with E-state index >= 15 is 0 Å². The highest BCUT2D eigenvalue weighted by atomic mass is 28.3. The second-order valence-electron chi connectivity index (χ2n) is 22.8. The number of hydrogen-bond acceptors (Lipinski definition) is 0. The Hall–Kier alpha value is -2.56. The van der Waals surface area contributed by atoms with Crippen LogP contribution in [0.1, 0.15) is 87.5 Å². The molecule has 0 saturated heterocycles. The van der Waals surface area contributed by atoms with Crippen molar-refractivity contribution in [3.63, 3.8) is 0 Å². The van der Waals surface area contributed by atoms with Gasteiger partial charge in [0.2, 0.25) is 0 Å². The minimum atomic E-state index is -2.09. The second kappa shape index (κ2) is 18.0. The van der Waals surface area contributed by atoms with Crippen molar-refractivity contribution < 1.29 is 0 Å². The zero-order chi connectivity index (χ0) is 43.0. The maximum absolute atomic E-state index is 2.80. The predicted molar refractivity (Wildman–Crippen MR) is 283 cm³/mol. The van der Waals surface area contributed by atoms with E-state index in [1.54, 1.807) is 31.9 Å². The van der Waals surface area contributed by atoms with Crippen LogP contribution >= 0.6 is 0 Å². The summed E-state index contributed by atoms with van der Waals surface area (Å²) in [5.74, 6) is 0. The van der Waals surface area contributed by atoms with Crippen LogP contribution in [-0.4, -0.2) is 40.4 Å². The van der Waals surface area contributed by atoms with Crippen molar-refractivity contribution in [2.45, 2.75) is 169 Å². The van der Waals surface area contributed by atoms with Crippen molar-refractivity contribution in [2.75, 3.05) is 0 Å². The summed E-state index contributed by atoms with van der Waals surface area (Å²) >= 11 is 0. The van der Waals surface area contributed by atoms with Gasteiger partial charge in [-0.1, -0.05) is 260 Å². The molecule has 0 saturated carbocycles. The summed E-state index contributed by atoms with van der Waals surface area (Å²) in [6.07, 6.45) is 18.6. The van der Waals surface area contributed by atoms with Crippen LogP contribution in [0.15, 0.2) is 83.2 Å². The van der Waals surface area contributed by atoms with E-state index in [9.17, 15) is 0 Å². The fourth-order valence-corrected chi connectivity index (χ4v) is 20.4. The van der Waals surface area contributed by atoms with Crippen molar-refractivity contribution >= 4 is 73.3 Å². The van der Waals surface area contributed by atoms with E-state index in [1.807, 2.05) is 10.4 Å². The SMILES string of the molecule is CCCCCC[Si](CCCCCC)(C1=Cc2c(cccc2-c2cc([Si](C)(C)C)cc([Si](C)(C)C)c2)C1)C1=Cc2c(cccc2-c2cc([Si](C)(C)C)cc([Si](C)(C)C)c2)C1. The minimum absolute atomic E-state index is 1.14. The topological polar surface area (TPSA) is 0 Å². The van der Waals surface area contributed by atoms with Gasteiger partial charge in [-0.2, -0.15) is 0 Å². The predicted octanol–water partition coefficient (Wildman–Crippen LogP) is 14.5. The Morgan fingerprint density at radius 2 is 0.746 bits per heavy atom. The minimum Gasteiger partial charge on any atom is -0.0709 e. The summed E-state index contributed by atoms with van der Waals surface area (Å²) in [5, 5.41) is 10.1. The Morgan fingerprint density at radius 3 is 1.05 bits per heavy atom. The Morgan fingerprint density at radius 1 is 0.407 bits per heavy atom. The molecule has 0 aliphatic heterocycles. The highest BCUT2D eigenvalue weighted by molar-refractivity contribution is 6.94. The molecule has 6 rings (SSSR count). The molecule has 0 heterocycles. The van der Waals surface area contributed by atoms with E-state index in [-0.39, 0.29) is 0 Å². The van der Waals surface area contributed by atoms with Crippen molar-refractivity contribution in [3.8, 4) is 22.3 Å². The molecule has 59 heavy (non-hydrogen) atoms. The van der Waals surface area contributed by atoms with Crippen LogP contribution in [0.5, 0.6) is 0 Å². The fraction of sp³-hybridized carbons (Fsp3) is 0.481. The largest absolute Gasteiger partial charge is 0.109 e. The van der Waals surface area contributed by atoms with Crippen LogP contribution < -0.4 is 20.7 Å². The third-order valence-electron chi connectivity index (χ3n) is 13.9. The van der Waals surface area contributed by atoms with E-state index < -0.39 is 40.4 Å². The van der Waals surface area contributed by atoms with E-state index in [0.29, 0.717) is 0 Å². The van der Waals surface area contributed by atoms with Gasteiger partial charge >= 0.3 is 0 Å². The van der Waals surface area contributed by atoms with Gasteiger partial charge in [-0.05, 0) is 69.4 Å². The second-order valence-corrected chi connectivity index (χ2v) is 47.5. The van der Waals surface area contributed by atoms with Crippen molar-refractivity contribution in [2.24, 2.45) is 0 Å². The summed E-state index contributed by atoms with van der Waals surface area (Å²) in [6.45, 7) is 35.1. The highest BCUT2D eigenvalue weighted by Crippen LogP contribution is 2.48. The Kier molecular flexibility index (Phi) is 14.1. The third kappa shape index (κ3) is 10.4. The molecule has 2 aliphatic carbocycles. The lowest BCUT2D eigenvalue weighted by molar-refractivity contribution is 0.681. The molecule has 0 spiro atoms. The first-order valence-corrected chi connectivity index (χ1v) is 40.1. The van der Waals surface area contributed by atoms with Crippen LogP contribution in [0.2, 0.25) is 90.7 Å². The number of rotatable bonds is 18. The molecule has 0 radical (unpaired) electrons. The van der Waals surface area contributed by atoms with E-state index in [1.165, 1.54) is 96.8 Å². The van der Waals surface area contributed by atoms with Crippen molar-refractivity contribution in [3.05, 3.63) is 105 Å². The lowest BCUT2D eigenvalue weighted by Crippen LogP contribution is -2.45. The molecule has 0 amide bonds. The van der Waals surface area contributed by atoms with E-state index in [4.69, 9.17) is 0 Å². The molecule has 4 aromatic rings. The zero-order valence-electron chi connectivity index (χ0n) is 40.1. The number of fused-ring (bicyclic) bond motifs is 2.